The summed E-state index contributed by atoms with van der Waals surface area (Å²) in [7, 11) is 0. The first kappa shape index (κ1) is 27.1. The fraction of sp³-hybridized carbons (Fsp3) is 0.433. The fourth-order valence-electron chi connectivity index (χ4n) is 4.85. The minimum Gasteiger partial charge on any atom is -0.331 e. The number of urea groups is 1. The lowest BCUT2D eigenvalue weighted by molar-refractivity contribution is 0.249. The Morgan fingerprint density at radius 1 is 0.811 bits per heavy atom. The minimum atomic E-state index is -0.197. The van der Waals surface area contributed by atoms with E-state index in [2.05, 4.69) is 67.9 Å². The van der Waals surface area contributed by atoms with Gasteiger partial charge in [0.1, 0.15) is 0 Å². The maximum atomic E-state index is 12.7. The van der Waals surface area contributed by atoms with E-state index < -0.39 is 0 Å². The second-order valence-electron chi connectivity index (χ2n) is 9.82. The van der Waals surface area contributed by atoms with E-state index in [-0.39, 0.29) is 12.1 Å². The normalized spacial score (nSPS) is 17.5. The minimum absolute atomic E-state index is 0.104. The van der Waals surface area contributed by atoms with Gasteiger partial charge < -0.3 is 26.6 Å². The maximum Gasteiger partial charge on any atom is 0.319 e. The molecule has 1 heterocycles. The van der Waals surface area contributed by atoms with Crippen LogP contribution in [0, 0.1) is 0 Å². The average molecular weight is 503 g/mol. The molecule has 198 valence electrons. The van der Waals surface area contributed by atoms with E-state index in [0.717, 1.165) is 88.4 Å². The molecule has 5 N–H and O–H groups in total. The number of hydrogen-bond donors (Lipinski definition) is 5. The van der Waals surface area contributed by atoms with Crippen LogP contribution < -0.4 is 26.6 Å². The predicted molar refractivity (Wildman–Crippen MR) is 154 cm³/mol. The molecule has 3 aromatic rings. The van der Waals surface area contributed by atoms with Crippen LogP contribution in [0.1, 0.15) is 36.9 Å². The number of benzene rings is 3. The van der Waals surface area contributed by atoms with Gasteiger partial charge in [-0.05, 0) is 80.0 Å². The second-order valence-corrected chi connectivity index (χ2v) is 9.82. The van der Waals surface area contributed by atoms with Crippen molar-refractivity contribution in [2.45, 2.75) is 32.4 Å². The summed E-state index contributed by atoms with van der Waals surface area (Å²) in [5, 5.41) is 19.0. The molecule has 0 spiro atoms. The molecule has 1 saturated heterocycles. The van der Waals surface area contributed by atoms with Gasteiger partial charge in [-0.3, -0.25) is 4.90 Å². The number of nitrogens with one attached hydrogen (secondary N) is 5. The summed E-state index contributed by atoms with van der Waals surface area (Å²) in [5.41, 5.74) is 3.17. The molecule has 1 atom stereocenters. The van der Waals surface area contributed by atoms with Crippen LogP contribution in [0.15, 0.2) is 66.7 Å². The van der Waals surface area contributed by atoms with Crippen LogP contribution >= 0.6 is 0 Å². The number of amides is 2. The van der Waals surface area contributed by atoms with Gasteiger partial charge in [-0.15, -0.1) is 0 Å². The van der Waals surface area contributed by atoms with Crippen LogP contribution in [0.2, 0.25) is 0 Å². The van der Waals surface area contributed by atoms with E-state index in [0.29, 0.717) is 0 Å². The van der Waals surface area contributed by atoms with Crippen LogP contribution in [0.5, 0.6) is 0 Å². The Kier molecular flexibility index (Phi) is 10.7. The van der Waals surface area contributed by atoms with Gasteiger partial charge in [0.2, 0.25) is 0 Å². The Morgan fingerprint density at radius 3 is 2.32 bits per heavy atom. The van der Waals surface area contributed by atoms with E-state index >= 15 is 0 Å². The Balaban J connectivity index is 1.28. The molecule has 2 amide bonds. The van der Waals surface area contributed by atoms with Gasteiger partial charge in [0.25, 0.3) is 0 Å². The van der Waals surface area contributed by atoms with E-state index in [9.17, 15) is 4.79 Å². The first-order valence-corrected chi connectivity index (χ1v) is 13.7. The van der Waals surface area contributed by atoms with Gasteiger partial charge in [-0.1, -0.05) is 54.6 Å². The molecule has 4 rings (SSSR count). The van der Waals surface area contributed by atoms with Crippen molar-refractivity contribution in [2.24, 2.45) is 0 Å². The molecule has 1 aliphatic heterocycles. The highest BCUT2D eigenvalue weighted by Crippen LogP contribution is 2.24. The van der Waals surface area contributed by atoms with Gasteiger partial charge in [0.15, 0.2) is 0 Å². The van der Waals surface area contributed by atoms with Crippen molar-refractivity contribution in [3.8, 4) is 0 Å². The lowest BCUT2D eigenvalue weighted by Crippen LogP contribution is -2.36. The molecule has 0 saturated carbocycles. The number of nitrogens with zero attached hydrogens (tertiary/aromatic N) is 1. The van der Waals surface area contributed by atoms with Crippen molar-refractivity contribution in [1.29, 1.82) is 0 Å². The highest BCUT2D eigenvalue weighted by Gasteiger charge is 2.13. The summed E-state index contributed by atoms with van der Waals surface area (Å²) in [5.74, 6) is 0. The highest BCUT2D eigenvalue weighted by atomic mass is 16.2. The standard InChI is InChI=1S/C30H42N6O/c1-24(28-10-4-8-26-7-2-3-9-29(26)28)34-30(37)35-27-13-11-25(12-14-27)23-36-21-6-17-32-19-18-31-15-5-16-33-20-22-36/h2-4,7-14,24,31-33H,5-6,15-23H2,1H3,(H2,34,35,37). The van der Waals surface area contributed by atoms with Gasteiger partial charge in [-0.25, -0.2) is 4.79 Å². The molecule has 7 nitrogen and oxygen atoms in total. The number of rotatable bonds is 5. The van der Waals surface area contributed by atoms with Crippen LogP contribution in [-0.4, -0.2) is 63.3 Å². The monoisotopic (exact) mass is 502 g/mol. The molecular weight excluding hydrogens is 460 g/mol. The summed E-state index contributed by atoms with van der Waals surface area (Å²) in [6, 6.07) is 22.4. The van der Waals surface area contributed by atoms with Crippen LogP contribution in [0.25, 0.3) is 10.8 Å². The van der Waals surface area contributed by atoms with Gasteiger partial charge in [-0.2, -0.15) is 0 Å². The Labute approximate surface area is 221 Å². The predicted octanol–water partition coefficient (Wildman–Crippen LogP) is 4.09. The third kappa shape index (κ3) is 8.83. The molecule has 1 fully saturated rings. The number of carbonyl (C=O) groups is 1. The van der Waals surface area contributed by atoms with Crippen molar-refractivity contribution in [3.05, 3.63) is 77.9 Å². The zero-order valence-corrected chi connectivity index (χ0v) is 22.1. The zero-order chi connectivity index (χ0) is 25.7. The maximum absolute atomic E-state index is 12.7. The first-order chi connectivity index (χ1) is 18.2. The molecule has 37 heavy (non-hydrogen) atoms. The third-order valence-electron chi connectivity index (χ3n) is 6.87. The summed E-state index contributed by atoms with van der Waals surface area (Å²) >= 11 is 0. The van der Waals surface area contributed by atoms with Gasteiger partial charge in [0, 0.05) is 38.4 Å². The van der Waals surface area contributed by atoms with Crippen molar-refractivity contribution in [2.75, 3.05) is 57.7 Å². The molecule has 0 aromatic heterocycles. The van der Waals surface area contributed by atoms with Crippen molar-refractivity contribution < 1.29 is 4.79 Å². The van der Waals surface area contributed by atoms with Crippen LogP contribution in [-0.2, 0) is 6.54 Å². The molecule has 0 aliphatic carbocycles. The number of anilines is 1. The van der Waals surface area contributed by atoms with Crippen LogP contribution in [0.3, 0.4) is 0 Å². The molecule has 1 unspecified atom stereocenters. The van der Waals surface area contributed by atoms with Crippen molar-refractivity contribution in [3.63, 3.8) is 0 Å². The highest BCUT2D eigenvalue weighted by molar-refractivity contribution is 5.91. The van der Waals surface area contributed by atoms with Crippen molar-refractivity contribution >= 4 is 22.5 Å². The lowest BCUT2D eigenvalue weighted by Gasteiger charge is -2.23. The summed E-state index contributed by atoms with van der Waals surface area (Å²) < 4.78 is 0. The molecule has 1 aliphatic rings. The smallest absolute Gasteiger partial charge is 0.319 e. The molecule has 3 aromatic carbocycles. The Morgan fingerprint density at radius 2 is 1.51 bits per heavy atom. The number of carbonyl (C=O) groups excluding carboxylic acids is 1. The largest absolute Gasteiger partial charge is 0.331 e. The van der Waals surface area contributed by atoms with Gasteiger partial charge in [0.05, 0.1) is 6.04 Å². The number of hydrogen-bond acceptors (Lipinski definition) is 5. The summed E-state index contributed by atoms with van der Waals surface area (Å²) in [4.78, 5) is 15.2. The third-order valence-corrected chi connectivity index (χ3v) is 6.87. The first-order valence-electron chi connectivity index (χ1n) is 13.7. The quantitative estimate of drug-likeness (QED) is 0.363. The lowest BCUT2D eigenvalue weighted by atomic mass is 10.00. The Bertz CT molecular complexity index is 1080. The van der Waals surface area contributed by atoms with E-state index in [1.807, 2.05) is 37.3 Å². The van der Waals surface area contributed by atoms with E-state index in [1.165, 1.54) is 10.9 Å². The topological polar surface area (TPSA) is 80.5 Å². The van der Waals surface area contributed by atoms with E-state index in [1.54, 1.807) is 0 Å². The molecule has 0 radical (unpaired) electrons. The summed E-state index contributed by atoms with van der Waals surface area (Å²) in [6.07, 6.45) is 2.29. The van der Waals surface area contributed by atoms with Crippen LogP contribution in [0.4, 0.5) is 10.5 Å². The van der Waals surface area contributed by atoms with Gasteiger partial charge >= 0.3 is 6.03 Å². The average Bonchev–Trinajstić information content (AvgIpc) is 2.91. The van der Waals surface area contributed by atoms with Crippen molar-refractivity contribution in [1.82, 2.24) is 26.2 Å². The fourth-order valence-corrected chi connectivity index (χ4v) is 4.85. The Hall–Kier alpha value is -2.97. The molecule has 7 heteroatoms. The molecular formula is C30H42N6O. The summed E-state index contributed by atoms with van der Waals surface area (Å²) in [6.45, 7) is 11.2. The second kappa shape index (κ2) is 14.7. The van der Waals surface area contributed by atoms with E-state index in [4.69, 9.17) is 0 Å². The SMILES string of the molecule is CC(NC(=O)Nc1ccc(CN2CCCNCCNCCCNCC2)cc1)c1cccc2ccccc12. The number of fused-ring (bicyclic) bond motifs is 1. The molecule has 0 bridgehead atoms. The zero-order valence-electron chi connectivity index (χ0n) is 22.1.